The molecule has 0 radical (unpaired) electrons. The molecule has 2 amide bonds. The maximum absolute atomic E-state index is 13.9. The molecule has 3 aromatic rings. The summed E-state index contributed by atoms with van der Waals surface area (Å²) in [6.45, 7) is 3.47. The standard InChI is InChI=1S/C28H28N2O7/c1-28(2)23(17-19-9-5-3-6-10-19)29(27(33)37-28)26(32)25(36-18-20-11-7-4-8-12-20)24(31)21-13-15-22(16-14-21)30(34)35/h3-16,23-25,31H,17-18H2,1-2H3/t23-,24+,25-/m0/s1. The molecule has 0 aliphatic carbocycles. The number of carbonyl (C=O) groups excluding carboxylic acids is 2. The van der Waals surface area contributed by atoms with Crippen molar-refractivity contribution in [2.75, 3.05) is 0 Å². The maximum atomic E-state index is 13.9. The number of cyclic esters (lactones) is 1. The number of non-ortho nitro benzene ring substituents is 1. The fourth-order valence-electron chi connectivity index (χ4n) is 4.36. The summed E-state index contributed by atoms with van der Waals surface area (Å²) >= 11 is 0. The van der Waals surface area contributed by atoms with Gasteiger partial charge in [-0.05, 0) is 49.1 Å². The average Bonchev–Trinajstić information content (AvgIpc) is 3.12. The van der Waals surface area contributed by atoms with Gasteiger partial charge < -0.3 is 14.6 Å². The van der Waals surface area contributed by atoms with Crippen LogP contribution in [0.5, 0.6) is 0 Å². The number of ether oxygens (including phenoxy) is 2. The Kier molecular flexibility index (Phi) is 7.66. The highest BCUT2D eigenvalue weighted by atomic mass is 16.6. The van der Waals surface area contributed by atoms with E-state index in [0.717, 1.165) is 16.0 Å². The van der Waals surface area contributed by atoms with E-state index in [0.29, 0.717) is 6.42 Å². The Bertz CT molecular complexity index is 1250. The molecule has 1 aliphatic rings. The lowest BCUT2D eigenvalue weighted by Gasteiger charge is -2.31. The van der Waals surface area contributed by atoms with Gasteiger partial charge in [-0.15, -0.1) is 0 Å². The Morgan fingerprint density at radius 3 is 2.16 bits per heavy atom. The monoisotopic (exact) mass is 504 g/mol. The van der Waals surface area contributed by atoms with E-state index in [1.807, 2.05) is 60.7 Å². The van der Waals surface area contributed by atoms with Gasteiger partial charge in [0, 0.05) is 12.1 Å². The summed E-state index contributed by atoms with van der Waals surface area (Å²) in [7, 11) is 0. The number of nitro groups is 1. The van der Waals surface area contributed by atoms with Gasteiger partial charge in [0.2, 0.25) is 0 Å². The van der Waals surface area contributed by atoms with Crippen LogP contribution in [0.2, 0.25) is 0 Å². The Balaban J connectivity index is 1.65. The predicted octanol–water partition coefficient (Wildman–Crippen LogP) is 4.58. The first-order valence-electron chi connectivity index (χ1n) is 11.9. The first kappa shape index (κ1) is 26.0. The number of benzene rings is 3. The fourth-order valence-corrected chi connectivity index (χ4v) is 4.36. The number of hydrogen-bond donors (Lipinski definition) is 1. The summed E-state index contributed by atoms with van der Waals surface area (Å²) in [4.78, 5) is 38.4. The highest BCUT2D eigenvalue weighted by Gasteiger charge is 2.52. The topological polar surface area (TPSA) is 119 Å². The van der Waals surface area contributed by atoms with Gasteiger partial charge >= 0.3 is 6.09 Å². The number of aliphatic hydroxyl groups is 1. The van der Waals surface area contributed by atoms with E-state index in [2.05, 4.69) is 0 Å². The summed E-state index contributed by atoms with van der Waals surface area (Å²) in [6.07, 6.45) is -3.43. The number of nitro benzene ring substituents is 1. The summed E-state index contributed by atoms with van der Waals surface area (Å²) in [6, 6.07) is 23.1. The minimum absolute atomic E-state index is 0.00306. The predicted molar refractivity (Wildman–Crippen MR) is 134 cm³/mol. The fraction of sp³-hybridized carbons (Fsp3) is 0.286. The van der Waals surface area contributed by atoms with Gasteiger partial charge in [0.15, 0.2) is 6.10 Å². The molecule has 3 aromatic carbocycles. The molecule has 1 heterocycles. The van der Waals surface area contributed by atoms with Crippen LogP contribution in [0.25, 0.3) is 0 Å². The molecular weight excluding hydrogens is 476 g/mol. The molecule has 9 nitrogen and oxygen atoms in total. The lowest BCUT2D eigenvalue weighted by molar-refractivity contribution is -0.384. The quantitative estimate of drug-likeness (QED) is 0.335. The lowest BCUT2D eigenvalue weighted by atomic mass is 9.91. The Hall–Kier alpha value is -4.08. The highest BCUT2D eigenvalue weighted by Crippen LogP contribution is 2.34. The maximum Gasteiger partial charge on any atom is 0.417 e. The average molecular weight is 505 g/mol. The molecule has 1 fully saturated rings. The number of carbonyl (C=O) groups is 2. The van der Waals surface area contributed by atoms with Crippen molar-refractivity contribution in [2.45, 2.75) is 50.7 Å². The number of imide groups is 1. The van der Waals surface area contributed by atoms with Crippen molar-refractivity contribution in [2.24, 2.45) is 0 Å². The van der Waals surface area contributed by atoms with Crippen molar-refractivity contribution in [3.05, 3.63) is 112 Å². The van der Waals surface area contributed by atoms with E-state index in [9.17, 15) is 24.8 Å². The van der Waals surface area contributed by atoms with Gasteiger partial charge in [-0.25, -0.2) is 9.69 Å². The molecule has 1 saturated heterocycles. The molecule has 192 valence electrons. The van der Waals surface area contributed by atoms with Crippen molar-refractivity contribution in [1.82, 2.24) is 4.90 Å². The van der Waals surface area contributed by atoms with Gasteiger partial charge in [-0.1, -0.05) is 60.7 Å². The first-order valence-corrected chi connectivity index (χ1v) is 11.9. The molecule has 3 atom stereocenters. The van der Waals surface area contributed by atoms with E-state index in [4.69, 9.17) is 9.47 Å². The van der Waals surface area contributed by atoms with Crippen molar-refractivity contribution in [1.29, 1.82) is 0 Å². The SMILES string of the molecule is CC1(C)OC(=O)N(C(=O)[C@@H](OCc2ccccc2)[C@H](O)c2ccc([N+](=O)[O-])cc2)[C@H]1Cc1ccccc1. The third kappa shape index (κ3) is 5.84. The van der Waals surface area contributed by atoms with E-state index < -0.39 is 40.8 Å². The normalized spacial score (nSPS) is 18.2. The van der Waals surface area contributed by atoms with Gasteiger partial charge in [0.05, 0.1) is 17.6 Å². The molecule has 37 heavy (non-hydrogen) atoms. The Labute approximate surface area is 214 Å². The molecule has 0 saturated carbocycles. The number of amides is 2. The zero-order chi connectivity index (χ0) is 26.6. The second-order valence-electron chi connectivity index (χ2n) is 9.40. The Morgan fingerprint density at radius 1 is 1.03 bits per heavy atom. The van der Waals surface area contributed by atoms with Crippen LogP contribution in [-0.4, -0.2) is 44.7 Å². The van der Waals surface area contributed by atoms with Crippen LogP contribution in [0.1, 0.15) is 36.6 Å². The van der Waals surface area contributed by atoms with Crippen LogP contribution >= 0.6 is 0 Å². The van der Waals surface area contributed by atoms with Crippen LogP contribution in [0, 0.1) is 10.1 Å². The molecule has 0 spiro atoms. The van der Waals surface area contributed by atoms with Crippen LogP contribution in [0.4, 0.5) is 10.5 Å². The first-order chi connectivity index (χ1) is 17.7. The van der Waals surface area contributed by atoms with Gasteiger partial charge in [0.1, 0.15) is 11.7 Å². The van der Waals surface area contributed by atoms with Crippen molar-refractivity contribution in [3.63, 3.8) is 0 Å². The van der Waals surface area contributed by atoms with Crippen LogP contribution in [-0.2, 0) is 27.3 Å². The molecule has 0 unspecified atom stereocenters. The van der Waals surface area contributed by atoms with Gasteiger partial charge in [-0.2, -0.15) is 0 Å². The van der Waals surface area contributed by atoms with E-state index in [1.165, 1.54) is 24.3 Å². The molecule has 0 aromatic heterocycles. The molecular formula is C28H28N2O7. The van der Waals surface area contributed by atoms with Crippen LogP contribution in [0.15, 0.2) is 84.9 Å². The van der Waals surface area contributed by atoms with Gasteiger partial charge in [-0.3, -0.25) is 14.9 Å². The second kappa shape index (κ2) is 10.9. The third-order valence-corrected chi connectivity index (χ3v) is 6.42. The van der Waals surface area contributed by atoms with Crippen molar-refractivity contribution >= 4 is 17.7 Å². The number of nitrogens with zero attached hydrogens (tertiary/aromatic N) is 2. The minimum Gasteiger partial charge on any atom is -0.441 e. The summed E-state index contributed by atoms with van der Waals surface area (Å²) < 4.78 is 11.5. The number of aliphatic hydroxyl groups excluding tert-OH is 1. The zero-order valence-electron chi connectivity index (χ0n) is 20.5. The molecule has 1 aliphatic heterocycles. The largest absolute Gasteiger partial charge is 0.441 e. The minimum atomic E-state index is -1.49. The van der Waals surface area contributed by atoms with Crippen molar-refractivity contribution < 1.29 is 29.1 Å². The van der Waals surface area contributed by atoms with Crippen LogP contribution < -0.4 is 0 Å². The molecule has 1 N–H and O–H groups in total. The highest BCUT2D eigenvalue weighted by molar-refractivity contribution is 5.97. The number of rotatable bonds is 9. The lowest BCUT2D eigenvalue weighted by Crippen LogP contribution is -2.51. The molecule has 0 bridgehead atoms. The summed E-state index contributed by atoms with van der Waals surface area (Å²) in [5.41, 5.74) is 0.779. The Morgan fingerprint density at radius 2 is 1.59 bits per heavy atom. The summed E-state index contributed by atoms with van der Waals surface area (Å²) in [5.74, 6) is -0.752. The second-order valence-corrected chi connectivity index (χ2v) is 9.40. The molecule has 4 rings (SSSR count). The number of hydrogen-bond acceptors (Lipinski definition) is 7. The van der Waals surface area contributed by atoms with Crippen LogP contribution in [0.3, 0.4) is 0 Å². The van der Waals surface area contributed by atoms with Crippen molar-refractivity contribution in [3.8, 4) is 0 Å². The summed E-state index contributed by atoms with van der Waals surface area (Å²) in [5, 5.41) is 22.3. The molecule has 9 heteroatoms. The third-order valence-electron chi connectivity index (χ3n) is 6.42. The zero-order valence-corrected chi connectivity index (χ0v) is 20.5. The van der Waals surface area contributed by atoms with E-state index in [1.54, 1.807) is 13.8 Å². The smallest absolute Gasteiger partial charge is 0.417 e. The van der Waals surface area contributed by atoms with E-state index >= 15 is 0 Å². The van der Waals surface area contributed by atoms with Gasteiger partial charge in [0.25, 0.3) is 11.6 Å². The van der Waals surface area contributed by atoms with E-state index in [-0.39, 0.29) is 17.9 Å².